The van der Waals surface area contributed by atoms with Gasteiger partial charge in [0.2, 0.25) is 0 Å². The molecular weight excluding hydrogens is 346 g/mol. The van der Waals surface area contributed by atoms with Gasteiger partial charge in [-0.25, -0.2) is 4.79 Å². The fourth-order valence-corrected chi connectivity index (χ4v) is 2.92. The van der Waals surface area contributed by atoms with Gasteiger partial charge in [0.1, 0.15) is 0 Å². The van der Waals surface area contributed by atoms with Crippen LogP contribution in [0.3, 0.4) is 0 Å². The lowest BCUT2D eigenvalue weighted by Crippen LogP contribution is -2.47. The van der Waals surface area contributed by atoms with Crippen molar-refractivity contribution in [2.75, 3.05) is 14.2 Å². The summed E-state index contributed by atoms with van der Waals surface area (Å²) in [6.07, 6.45) is -0.913. The smallest absolute Gasteiger partial charge is 0.339 e. The van der Waals surface area contributed by atoms with E-state index in [9.17, 15) is 9.59 Å². The first-order chi connectivity index (χ1) is 11.6. The molecule has 1 amide bonds. The van der Waals surface area contributed by atoms with Crippen molar-refractivity contribution in [3.05, 3.63) is 22.7 Å². The number of halogens is 1. The lowest BCUT2D eigenvalue weighted by Gasteiger charge is -2.32. The van der Waals surface area contributed by atoms with Gasteiger partial charge in [0.15, 0.2) is 17.6 Å². The van der Waals surface area contributed by atoms with Gasteiger partial charge in [0, 0.05) is 12.1 Å². The van der Waals surface area contributed by atoms with Crippen LogP contribution in [-0.4, -0.2) is 49.2 Å². The molecule has 1 aromatic rings. The molecule has 0 radical (unpaired) electrons. The molecule has 0 aliphatic carbocycles. The van der Waals surface area contributed by atoms with Crippen molar-refractivity contribution in [2.24, 2.45) is 0 Å². The first kappa shape index (κ1) is 21.1. The highest BCUT2D eigenvalue weighted by Crippen LogP contribution is 2.36. The third-order valence-corrected chi connectivity index (χ3v) is 3.95. The number of rotatable bonds is 7. The standard InChI is InChI=1S/C18H26ClNO5/c1-10(2)20(11(3)4)17(21)12(5)25-18(22)13-8-14(19)16(24-7)15(9-13)23-6/h8-12H,1-7H3/t12-/m0/s1. The van der Waals surface area contributed by atoms with Crippen molar-refractivity contribution in [3.8, 4) is 11.5 Å². The lowest BCUT2D eigenvalue weighted by molar-refractivity contribution is -0.143. The van der Waals surface area contributed by atoms with E-state index >= 15 is 0 Å². The first-order valence-corrected chi connectivity index (χ1v) is 8.46. The van der Waals surface area contributed by atoms with Gasteiger partial charge in [0.25, 0.3) is 5.91 Å². The van der Waals surface area contributed by atoms with Crippen LogP contribution < -0.4 is 9.47 Å². The zero-order valence-electron chi connectivity index (χ0n) is 15.8. The summed E-state index contributed by atoms with van der Waals surface area (Å²) in [6.45, 7) is 9.22. The average Bonchev–Trinajstić information content (AvgIpc) is 2.52. The number of amides is 1. The third kappa shape index (κ3) is 5.01. The Hall–Kier alpha value is -1.95. The minimum absolute atomic E-state index is 0.00387. The molecule has 0 saturated heterocycles. The van der Waals surface area contributed by atoms with Crippen molar-refractivity contribution in [3.63, 3.8) is 0 Å². The van der Waals surface area contributed by atoms with Crippen LogP contribution in [-0.2, 0) is 9.53 Å². The minimum atomic E-state index is -0.913. The highest BCUT2D eigenvalue weighted by Gasteiger charge is 2.28. The Labute approximate surface area is 154 Å². The van der Waals surface area contributed by atoms with Gasteiger partial charge in [-0.15, -0.1) is 0 Å². The number of ether oxygens (including phenoxy) is 3. The fraction of sp³-hybridized carbons (Fsp3) is 0.556. The van der Waals surface area contributed by atoms with Gasteiger partial charge in [-0.05, 0) is 46.8 Å². The van der Waals surface area contributed by atoms with Crippen LogP contribution in [0, 0.1) is 0 Å². The summed E-state index contributed by atoms with van der Waals surface area (Å²) in [7, 11) is 2.90. The Morgan fingerprint density at radius 2 is 1.56 bits per heavy atom. The lowest BCUT2D eigenvalue weighted by atomic mass is 10.2. The van der Waals surface area contributed by atoms with Crippen molar-refractivity contribution in [1.29, 1.82) is 0 Å². The number of carbonyl (C=O) groups is 2. The quantitative estimate of drug-likeness (QED) is 0.686. The van der Waals surface area contributed by atoms with E-state index in [1.165, 1.54) is 26.4 Å². The molecule has 140 valence electrons. The molecule has 0 N–H and O–H groups in total. The topological polar surface area (TPSA) is 65.1 Å². The third-order valence-electron chi connectivity index (χ3n) is 3.67. The Bertz CT molecular complexity index is 622. The van der Waals surface area contributed by atoms with E-state index in [0.717, 1.165) is 0 Å². The molecule has 0 saturated carbocycles. The van der Waals surface area contributed by atoms with Gasteiger partial charge in [-0.1, -0.05) is 11.6 Å². The predicted octanol–water partition coefficient (Wildman–Crippen LogP) is 3.55. The average molecular weight is 372 g/mol. The van der Waals surface area contributed by atoms with E-state index in [0.29, 0.717) is 11.5 Å². The summed E-state index contributed by atoms with van der Waals surface area (Å²) in [6, 6.07) is 2.89. The summed E-state index contributed by atoms with van der Waals surface area (Å²) in [5.74, 6) is -0.261. The minimum Gasteiger partial charge on any atom is -0.493 e. The van der Waals surface area contributed by atoms with Crippen molar-refractivity contribution in [1.82, 2.24) is 4.90 Å². The Balaban J connectivity index is 2.99. The largest absolute Gasteiger partial charge is 0.493 e. The molecule has 1 rings (SSSR count). The SMILES string of the molecule is COc1cc(C(=O)O[C@@H](C)C(=O)N(C(C)C)C(C)C)cc(Cl)c1OC. The van der Waals surface area contributed by atoms with Crippen LogP contribution in [0.2, 0.25) is 5.02 Å². The molecule has 0 heterocycles. The number of benzene rings is 1. The number of carbonyl (C=O) groups excluding carboxylic acids is 2. The maximum absolute atomic E-state index is 12.6. The maximum Gasteiger partial charge on any atom is 0.339 e. The number of esters is 1. The van der Waals surface area contributed by atoms with Crippen molar-refractivity contribution >= 4 is 23.5 Å². The molecule has 0 aliphatic rings. The predicted molar refractivity (Wildman–Crippen MR) is 96.6 cm³/mol. The van der Waals surface area contributed by atoms with E-state index in [4.69, 9.17) is 25.8 Å². The van der Waals surface area contributed by atoms with Crippen LogP contribution in [0.1, 0.15) is 45.0 Å². The number of methoxy groups -OCH3 is 2. The van der Waals surface area contributed by atoms with Gasteiger partial charge >= 0.3 is 5.97 Å². The second kappa shape index (κ2) is 8.94. The van der Waals surface area contributed by atoms with Gasteiger partial charge in [-0.3, -0.25) is 4.79 Å². The van der Waals surface area contributed by atoms with Gasteiger partial charge in [0.05, 0.1) is 24.8 Å². The number of hydrogen-bond acceptors (Lipinski definition) is 5. The second-order valence-electron chi connectivity index (χ2n) is 6.17. The summed E-state index contributed by atoms with van der Waals surface area (Å²) in [4.78, 5) is 26.6. The number of nitrogens with zero attached hydrogens (tertiary/aromatic N) is 1. The van der Waals surface area contributed by atoms with E-state index in [1.54, 1.807) is 11.8 Å². The summed E-state index contributed by atoms with van der Waals surface area (Å²) in [5.41, 5.74) is 0.183. The van der Waals surface area contributed by atoms with Crippen molar-refractivity contribution in [2.45, 2.75) is 52.8 Å². The molecule has 1 atom stereocenters. The maximum atomic E-state index is 12.6. The molecule has 0 fully saturated rings. The highest BCUT2D eigenvalue weighted by molar-refractivity contribution is 6.32. The molecule has 0 aromatic heterocycles. The monoisotopic (exact) mass is 371 g/mol. The van der Waals surface area contributed by atoms with Crippen molar-refractivity contribution < 1.29 is 23.8 Å². The molecule has 25 heavy (non-hydrogen) atoms. The van der Waals surface area contributed by atoms with E-state index in [-0.39, 0.29) is 28.6 Å². The summed E-state index contributed by atoms with van der Waals surface area (Å²) < 4.78 is 15.6. The molecular formula is C18H26ClNO5. The van der Waals surface area contributed by atoms with E-state index in [2.05, 4.69) is 0 Å². The Morgan fingerprint density at radius 3 is 2.00 bits per heavy atom. The zero-order valence-corrected chi connectivity index (χ0v) is 16.5. The van der Waals surface area contributed by atoms with E-state index in [1.807, 2.05) is 27.7 Å². The zero-order chi connectivity index (χ0) is 19.3. The summed E-state index contributed by atoms with van der Waals surface area (Å²) in [5, 5.41) is 0.221. The molecule has 6 nitrogen and oxygen atoms in total. The molecule has 1 aromatic carbocycles. The van der Waals surface area contributed by atoms with Crippen LogP contribution in [0.25, 0.3) is 0 Å². The molecule has 7 heteroatoms. The molecule has 0 aliphatic heterocycles. The number of hydrogen-bond donors (Lipinski definition) is 0. The highest BCUT2D eigenvalue weighted by atomic mass is 35.5. The van der Waals surface area contributed by atoms with Crippen LogP contribution >= 0.6 is 11.6 Å². The molecule has 0 bridgehead atoms. The fourth-order valence-electron chi connectivity index (χ4n) is 2.63. The van der Waals surface area contributed by atoms with Gasteiger partial charge in [-0.2, -0.15) is 0 Å². The Kier molecular flexibility index (Phi) is 7.55. The molecule has 0 spiro atoms. The summed E-state index contributed by atoms with van der Waals surface area (Å²) >= 11 is 6.10. The van der Waals surface area contributed by atoms with Crippen LogP contribution in [0.15, 0.2) is 12.1 Å². The van der Waals surface area contributed by atoms with Crippen LogP contribution in [0.5, 0.6) is 11.5 Å². The van der Waals surface area contributed by atoms with Gasteiger partial charge < -0.3 is 19.1 Å². The second-order valence-corrected chi connectivity index (χ2v) is 6.58. The molecule has 0 unspecified atom stereocenters. The first-order valence-electron chi connectivity index (χ1n) is 8.08. The van der Waals surface area contributed by atoms with E-state index < -0.39 is 12.1 Å². The van der Waals surface area contributed by atoms with Crippen LogP contribution in [0.4, 0.5) is 0 Å². The normalized spacial score (nSPS) is 12.1. The Morgan fingerprint density at radius 1 is 1.00 bits per heavy atom.